The van der Waals surface area contributed by atoms with E-state index in [4.69, 9.17) is 4.74 Å². The van der Waals surface area contributed by atoms with Crippen LogP contribution in [-0.2, 0) is 12.8 Å². The zero-order valence-electron chi connectivity index (χ0n) is 10.5. The van der Waals surface area contributed by atoms with Gasteiger partial charge in [0.2, 0.25) is 0 Å². The molecule has 92 valence electrons. The van der Waals surface area contributed by atoms with Crippen LogP contribution in [-0.4, -0.2) is 19.7 Å². The lowest BCUT2D eigenvalue weighted by atomic mass is 9.88. The Morgan fingerprint density at radius 2 is 2.12 bits per heavy atom. The molecule has 0 radical (unpaired) electrons. The third-order valence-electron chi connectivity index (χ3n) is 4.03. The molecule has 0 bridgehead atoms. The Balaban J connectivity index is 1.63. The average Bonchev–Trinajstić information content (AvgIpc) is 3.19. The van der Waals surface area contributed by atoms with E-state index in [1.165, 1.54) is 49.8 Å². The summed E-state index contributed by atoms with van der Waals surface area (Å²) < 4.78 is 5.28. The predicted octanol–water partition coefficient (Wildman–Crippen LogP) is 2.55. The molecule has 1 N–H and O–H groups in total. The second-order valence-electron chi connectivity index (χ2n) is 5.43. The fourth-order valence-corrected chi connectivity index (χ4v) is 2.69. The average molecular weight is 231 g/mol. The van der Waals surface area contributed by atoms with Crippen molar-refractivity contribution < 1.29 is 4.74 Å². The maximum absolute atomic E-state index is 5.28. The molecule has 17 heavy (non-hydrogen) atoms. The van der Waals surface area contributed by atoms with E-state index in [0.717, 1.165) is 11.7 Å². The molecule has 1 fully saturated rings. The van der Waals surface area contributed by atoms with E-state index in [1.807, 2.05) is 0 Å². The molecule has 1 saturated carbocycles. The van der Waals surface area contributed by atoms with E-state index < -0.39 is 0 Å². The molecule has 2 nitrogen and oxygen atoms in total. The van der Waals surface area contributed by atoms with Gasteiger partial charge < -0.3 is 10.1 Å². The van der Waals surface area contributed by atoms with Crippen molar-refractivity contribution in [1.82, 2.24) is 5.32 Å². The van der Waals surface area contributed by atoms with E-state index >= 15 is 0 Å². The lowest BCUT2D eigenvalue weighted by molar-refractivity contribution is 0.411. The van der Waals surface area contributed by atoms with Gasteiger partial charge in [-0.1, -0.05) is 6.07 Å². The summed E-state index contributed by atoms with van der Waals surface area (Å²) in [5, 5.41) is 3.72. The number of rotatable bonds is 4. The van der Waals surface area contributed by atoms with E-state index in [1.54, 1.807) is 7.11 Å². The van der Waals surface area contributed by atoms with Gasteiger partial charge >= 0.3 is 0 Å². The van der Waals surface area contributed by atoms with E-state index in [0.29, 0.717) is 6.04 Å². The van der Waals surface area contributed by atoms with Crippen LogP contribution in [0.1, 0.15) is 30.4 Å². The largest absolute Gasteiger partial charge is 0.497 e. The van der Waals surface area contributed by atoms with Crippen LogP contribution >= 0.6 is 0 Å². The van der Waals surface area contributed by atoms with Crippen molar-refractivity contribution in [2.24, 2.45) is 5.92 Å². The van der Waals surface area contributed by atoms with Crippen LogP contribution in [0.2, 0.25) is 0 Å². The highest BCUT2D eigenvalue weighted by atomic mass is 16.5. The Hall–Kier alpha value is -1.02. The summed E-state index contributed by atoms with van der Waals surface area (Å²) >= 11 is 0. The number of hydrogen-bond acceptors (Lipinski definition) is 2. The maximum Gasteiger partial charge on any atom is 0.119 e. The van der Waals surface area contributed by atoms with Gasteiger partial charge in [0, 0.05) is 6.04 Å². The van der Waals surface area contributed by atoms with E-state index in [2.05, 4.69) is 23.5 Å². The summed E-state index contributed by atoms with van der Waals surface area (Å²) in [4.78, 5) is 0. The Labute approximate surface area is 103 Å². The van der Waals surface area contributed by atoms with Crippen molar-refractivity contribution in [2.75, 3.05) is 13.7 Å². The van der Waals surface area contributed by atoms with Gasteiger partial charge in [0.15, 0.2) is 0 Å². The second-order valence-corrected chi connectivity index (χ2v) is 5.43. The predicted molar refractivity (Wildman–Crippen MR) is 69.5 cm³/mol. The summed E-state index contributed by atoms with van der Waals surface area (Å²) in [7, 11) is 1.74. The van der Waals surface area contributed by atoms with Crippen LogP contribution in [0.25, 0.3) is 0 Å². The topological polar surface area (TPSA) is 21.3 Å². The van der Waals surface area contributed by atoms with Crippen LogP contribution in [0.15, 0.2) is 18.2 Å². The molecule has 0 amide bonds. The molecular formula is C15H21NO. The Bertz CT molecular complexity index is 398. The van der Waals surface area contributed by atoms with Gasteiger partial charge in [-0.25, -0.2) is 0 Å². The molecule has 1 aromatic rings. The molecule has 0 spiro atoms. The molecule has 1 unspecified atom stereocenters. The smallest absolute Gasteiger partial charge is 0.119 e. The zero-order valence-corrected chi connectivity index (χ0v) is 10.5. The van der Waals surface area contributed by atoms with Gasteiger partial charge in [-0.05, 0) is 67.8 Å². The first-order valence-electron chi connectivity index (χ1n) is 6.74. The van der Waals surface area contributed by atoms with Crippen LogP contribution in [0.4, 0.5) is 0 Å². The standard InChI is InChI=1S/C15H21NO/c1-17-15-7-5-12-8-14(6-4-13(12)9-15)16-10-11-2-3-11/h5,7,9,11,14,16H,2-4,6,8,10H2,1H3. The molecule has 1 aromatic carbocycles. The molecule has 0 heterocycles. The first-order valence-corrected chi connectivity index (χ1v) is 6.74. The molecule has 0 saturated heterocycles. The van der Waals surface area contributed by atoms with Crippen LogP contribution < -0.4 is 10.1 Å². The summed E-state index contributed by atoms with van der Waals surface area (Å²) in [6, 6.07) is 7.21. The fraction of sp³-hybridized carbons (Fsp3) is 0.600. The van der Waals surface area contributed by atoms with Crippen molar-refractivity contribution in [2.45, 2.75) is 38.1 Å². The first kappa shape index (κ1) is 11.1. The zero-order chi connectivity index (χ0) is 11.7. The second kappa shape index (κ2) is 4.69. The minimum atomic E-state index is 0.691. The minimum Gasteiger partial charge on any atom is -0.497 e. The van der Waals surface area contributed by atoms with Gasteiger partial charge in [-0.2, -0.15) is 0 Å². The molecule has 2 aliphatic rings. The van der Waals surface area contributed by atoms with Gasteiger partial charge in [0.1, 0.15) is 5.75 Å². The lowest BCUT2D eigenvalue weighted by Crippen LogP contribution is -2.35. The van der Waals surface area contributed by atoms with Crippen molar-refractivity contribution in [3.05, 3.63) is 29.3 Å². The summed E-state index contributed by atoms with van der Waals surface area (Å²) in [5.74, 6) is 1.97. The van der Waals surface area contributed by atoms with Crippen LogP contribution in [0.3, 0.4) is 0 Å². The number of benzene rings is 1. The Kier molecular flexibility index (Phi) is 3.06. The summed E-state index contributed by atoms with van der Waals surface area (Å²) in [6.45, 7) is 1.23. The monoisotopic (exact) mass is 231 g/mol. The van der Waals surface area contributed by atoms with E-state index in [9.17, 15) is 0 Å². The van der Waals surface area contributed by atoms with Crippen LogP contribution in [0.5, 0.6) is 5.75 Å². The quantitative estimate of drug-likeness (QED) is 0.860. The molecule has 2 aliphatic carbocycles. The molecular weight excluding hydrogens is 210 g/mol. The Morgan fingerprint density at radius 3 is 2.88 bits per heavy atom. The van der Waals surface area contributed by atoms with Crippen LogP contribution in [0, 0.1) is 5.92 Å². The van der Waals surface area contributed by atoms with Crippen molar-refractivity contribution in [1.29, 1.82) is 0 Å². The van der Waals surface area contributed by atoms with Gasteiger partial charge in [0.25, 0.3) is 0 Å². The number of ether oxygens (including phenoxy) is 1. The maximum atomic E-state index is 5.28. The number of methoxy groups -OCH3 is 1. The number of aryl methyl sites for hydroxylation is 1. The molecule has 0 aliphatic heterocycles. The van der Waals surface area contributed by atoms with E-state index in [-0.39, 0.29) is 0 Å². The van der Waals surface area contributed by atoms with Gasteiger partial charge in [0.05, 0.1) is 7.11 Å². The summed E-state index contributed by atoms with van der Waals surface area (Å²) in [5.41, 5.74) is 2.99. The third-order valence-corrected chi connectivity index (χ3v) is 4.03. The normalized spacial score (nSPS) is 23.2. The molecule has 3 rings (SSSR count). The number of hydrogen-bond donors (Lipinski definition) is 1. The lowest BCUT2D eigenvalue weighted by Gasteiger charge is -2.26. The molecule has 2 heteroatoms. The first-order chi connectivity index (χ1) is 8.35. The molecule has 0 aromatic heterocycles. The Morgan fingerprint density at radius 1 is 1.24 bits per heavy atom. The highest BCUT2D eigenvalue weighted by Crippen LogP contribution is 2.29. The van der Waals surface area contributed by atoms with Crippen molar-refractivity contribution in [3.8, 4) is 5.75 Å². The van der Waals surface area contributed by atoms with Crippen molar-refractivity contribution >= 4 is 0 Å². The number of fused-ring (bicyclic) bond motifs is 1. The van der Waals surface area contributed by atoms with Crippen molar-refractivity contribution in [3.63, 3.8) is 0 Å². The minimum absolute atomic E-state index is 0.691. The molecule has 1 atom stereocenters. The van der Waals surface area contributed by atoms with Gasteiger partial charge in [-0.3, -0.25) is 0 Å². The summed E-state index contributed by atoms with van der Waals surface area (Å²) in [6.07, 6.45) is 6.52. The highest BCUT2D eigenvalue weighted by molar-refractivity contribution is 5.37. The SMILES string of the molecule is COc1ccc2c(c1)CCC(NCC1CC1)C2. The fourth-order valence-electron chi connectivity index (χ4n) is 2.69. The number of nitrogens with one attached hydrogen (secondary N) is 1. The third kappa shape index (κ3) is 2.63. The highest BCUT2D eigenvalue weighted by Gasteiger charge is 2.24. The van der Waals surface area contributed by atoms with Gasteiger partial charge in [-0.15, -0.1) is 0 Å².